The number of halogens is 1. The summed E-state index contributed by atoms with van der Waals surface area (Å²) >= 11 is 6.05. The van der Waals surface area contributed by atoms with Crippen LogP contribution in [-0.2, 0) is 11.2 Å². The molecule has 1 aromatic heterocycles. The summed E-state index contributed by atoms with van der Waals surface area (Å²) in [7, 11) is 1.57. The minimum atomic E-state index is -0.337. The SMILES string of the molecule is COc1cccc(C(=O)OCCCc2c[nH]c3ccc(Cl)cc23)c1. The second-order valence-electron chi connectivity index (χ2n) is 5.48. The lowest BCUT2D eigenvalue weighted by Gasteiger charge is -2.06. The monoisotopic (exact) mass is 343 g/mol. The Kier molecular flexibility index (Phi) is 5.06. The van der Waals surface area contributed by atoms with E-state index in [9.17, 15) is 4.79 Å². The van der Waals surface area contributed by atoms with Crippen molar-refractivity contribution < 1.29 is 14.3 Å². The summed E-state index contributed by atoms with van der Waals surface area (Å²) in [6, 6.07) is 12.7. The van der Waals surface area contributed by atoms with Gasteiger partial charge in [0.1, 0.15) is 5.75 Å². The maximum atomic E-state index is 12.0. The number of ether oxygens (including phenoxy) is 2. The number of aryl methyl sites for hydroxylation is 1. The van der Waals surface area contributed by atoms with Crippen LogP contribution in [0.2, 0.25) is 5.02 Å². The molecule has 124 valence electrons. The molecule has 0 amide bonds. The fraction of sp³-hybridized carbons (Fsp3) is 0.211. The Morgan fingerprint density at radius 2 is 2.08 bits per heavy atom. The van der Waals surface area contributed by atoms with Gasteiger partial charge in [0.15, 0.2) is 0 Å². The molecule has 5 heteroatoms. The van der Waals surface area contributed by atoms with Gasteiger partial charge in [-0.1, -0.05) is 17.7 Å². The van der Waals surface area contributed by atoms with Crippen LogP contribution in [0.4, 0.5) is 0 Å². The molecular formula is C19H18ClNO3. The molecule has 0 atom stereocenters. The first-order valence-electron chi connectivity index (χ1n) is 7.74. The molecule has 1 heterocycles. The second-order valence-corrected chi connectivity index (χ2v) is 5.91. The third kappa shape index (κ3) is 3.71. The Labute approximate surface area is 145 Å². The molecule has 0 aliphatic rings. The fourth-order valence-electron chi connectivity index (χ4n) is 2.62. The summed E-state index contributed by atoms with van der Waals surface area (Å²) < 4.78 is 10.4. The molecule has 0 spiro atoms. The summed E-state index contributed by atoms with van der Waals surface area (Å²) in [6.07, 6.45) is 3.53. The van der Waals surface area contributed by atoms with Crippen LogP contribution in [0.3, 0.4) is 0 Å². The van der Waals surface area contributed by atoms with Gasteiger partial charge >= 0.3 is 5.97 Å². The zero-order chi connectivity index (χ0) is 16.9. The van der Waals surface area contributed by atoms with E-state index in [0.29, 0.717) is 22.9 Å². The Morgan fingerprint density at radius 3 is 2.92 bits per heavy atom. The number of hydrogen-bond donors (Lipinski definition) is 1. The number of hydrogen-bond acceptors (Lipinski definition) is 3. The van der Waals surface area contributed by atoms with Crippen molar-refractivity contribution in [2.45, 2.75) is 12.8 Å². The average molecular weight is 344 g/mol. The van der Waals surface area contributed by atoms with E-state index in [4.69, 9.17) is 21.1 Å². The molecule has 0 fully saturated rings. The van der Waals surface area contributed by atoms with Crippen molar-refractivity contribution in [3.63, 3.8) is 0 Å². The van der Waals surface area contributed by atoms with Crippen LogP contribution in [0.15, 0.2) is 48.7 Å². The Morgan fingerprint density at radius 1 is 1.21 bits per heavy atom. The van der Waals surface area contributed by atoms with Gasteiger partial charge in [-0.3, -0.25) is 0 Å². The van der Waals surface area contributed by atoms with E-state index in [0.717, 1.165) is 23.7 Å². The molecule has 24 heavy (non-hydrogen) atoms. The molecule has 0 bridgehead atoms. The number of carbonyl (C=O) groups excluding carboxylic acids is 1. The number of aromatic nitrogens is 1. The molecule has 0 aliphatic carbocycles. The number of carbonyl (C=O) groups is 1. The number of nitrogens with one attached hydrogen (secondary N) is 1. The normalized spacial score (nSPS) is 10.8. The van der Waals surface area contributed by atoms with Crippen LogP contribution >= 0.6 is 11.6 Å². The highest BCUT2D eigenvalue weighted by Gasteiger charge is 2.09. The van der Waals surface area contributed by atoms with Crippen molar-refractivity contribution in [3.8, 4) is 5.75 Å². The highest BCUT2D eigenvalue weighted by atomic mass is 35.5. The number of methoxy groups -OCH3 is 1. The van der Waals surface area contributed by atoms with Crippen LogP contribution in [0.5, 0.6) is 5.75 Å². The smallest absolute Gasteiger partial charge is 0.338 e. The van der Waals surface area contributed by atoms with Crippen molar-refractivity contribution in [2.24, 2.45) is 0 Å². The zero-order valence-electron chi connectivity index (χ0n) is 13.3. The molecule has 3 rings (SSSR count). The van der Waals surface area contributed by atoms with Crippen LogP contribution in [0, 0.1) is 0 Å². The van der Waals surface area contributed by atoms with E-state index in [1.807, 2.05) is 24.4 Å². The van der Waals surface area contributed by atoms with Crippen LogP contribution < -0.4 is 4.74 Å². The number of benzene rings is 2. The van der Waals surface area contributed by atoms with Gasteiger partial charge < -0.3 is 14.5 Å². The van der Waals surface area contributed by atoms with Crippen molar-refractivity contribution in [1.29, 1.82) is 0 Å². The van der Waals surface area contributed by atoms with Gasteiger partial charge in [-0.15, -0.1) is 0 Å². The lowest BCUT2D eigenvalue weighted by atomic mass is 10.1. The summed E-state index contributed by atoms with van der Waals surface area (Å²) in [4.78, 5) is 15.3. The van der Waals surface area contributed by atoms with E-state index < -0.39 is 0 Å². The number of rotatable bonds is 6. The highest BCUT2D eigenvalue weighted by molar-refractivity contribution is 6.31. The van der Waals surface area contributed by atoms with Crippen LogP contribution in [-0.4, -0.2) is 24.7 Å². The lowest BCUT2D eigenvalue weighted by molar-refractivity contribution is 0.0500. The molecule has 1 N–H and O–H groups in total. The van der Waals surface area contributed by atoms with Gasteiger partial charge in [0.25, 0.3) is 0 Å². The average Bonchev–Trinajstić information content (AvgIpc) is 3.00. The molecule has 2 aromatic carbocycles. The van der Waals surface area contributed by atoms with E-state index in [2.05, 4.69) is 4.98 Å². The summed E-state index contributed by atoms with van der Waals surface area (Å²) in [5.41, 5.74) is 2.72. The van der Waals surface area contributed by atoms with E-state index >= 15 is 0 Å². The third-order valence-electron chi connectivity index (χ3n) is 3.86. The number of esters is 1. The molecule has 3 aromatic rings. The largest absolute Gasteiger partial charge is 0.497 e. The quantitative estimate of drug-likeness (QED) is 0.525. The third-order valence-corrected chi connectivity index (χ3v) is 4.09. The maximum Gasteiger partial charge on any atom is 0.338 e. The zero-order valence-corrected chi connectivity index (χ0v) is 14.1. The van der Waals surface area contributed by atoms with Crippen molar-refractivity contribution in [2.75, 3.05) is 13.7 Å². The molecule has 0 aliphatic heterocycles. The van der Waals surface area contributed by atoms with Gasteiger partial charge in [-0.05, 0) is 54.8 Å². The van der Waals surface area contributed by atoms with Gasteiger partial charge in [-0.25, -0.2) is 4.79 Å². The first-order valence-corrected chi connectivity index (χ1v) is 8.12. The number of aromatic amines is 1. The summed E-state index contributed by atoms with van der Waals surface area (Å²) in [5.74, 6) is 0.302. The molecule has 0 saturated carbocycles. The van der Waals surface area contributed by atoms with E-state index in [1.165, 1.54) is 5.56 Å². The predicted molar refractivity (Wildman–Crippen MR) is 94.9 cm³/mol. The molecule has 0 unspecified atom stereocenters. The second kappa shape index (κ2) is 7.41. The van der Waals surface area contributed by atoms with E-state index in [1.54, 1.807) is 31.4 Å². The highest BCUT2D eigenvalue weighted by Crippen LogP contribution is 2.23. The van der Waals surface area contributed by atoms with Gasteiger partial charge in [0, 0.05) is 22.1 Å². The fourth-order valence-corrected chi connectivity index (χ4v) is 2.79. The van der Waals surface area contributed by atoms with Crippen LogP contribution in [0.25, 0.3) is 10.9 Å². The number of fused-ring (bicyclic) bond motifs is 1. The van der Waals surface area contributed by atoms with E-state index in [-0.39, 0.29) is 5.97 Å². The minimum absolute atomic E-state index is 0.337. The summed E-state index contributed by atoms with van der Waals surface area (Å²) in [5, 5.41) is 1.83. The summed E-state index contributed by atoms with van der Waals surface area (Å²) in [6.45, 7) is 0.364. The predicted octanol–water partition coefficient (Wildman–Crippen LogP) is 4.62. The minimum Gasteiger partial charge on any atom is -0.497 e. The van der Waals surface area contributed by atoms with Crippen molar-refractivity contribution in [1.82, 2.24) is 4.98 Å². The molecule has 0 radical (unpaired) electrons. The first kappa shape index (κ1) is 16.4. The lowest BCUT2D eigenvalue weighted by Crippen LogP contribution is -2.07. The molecule has 4 nitrogen and oxygen atoms in total. The molecular weight excluding hydrogens is 326 g/mol. The van der Waals surface area contributed by atoms with Gasteiger partial charge in [0.2, 0.25) is 0 Å². The van der Waals surface area contributed by atoms with Crippen molar-refractivity contribution in [3.05, 3.63) is 64.8 Å². The Hall–Kier alpha value is -2.46. The van der Waals surface area contributed by atoms with Crippen LogP contribution in [0.1, 0.15) is 22.3 Å². The molecule has 0 saturated heterocycles. The van der Waals surface area contributed by atoms with Gasteiger partial charge in [0.05, 0.1) is 19.3 Å². The van der Waals surface area contributed by atoms with Gasteiger partial charge in [-0.2, -0.15) is 0 Å². The Bertz CT molecular complexity index is 857. The Balaban J connectivity index is 1.54. The maximum absolute atomic E-state index is 12.0. The topological polar surface area (TPSA) is 51.3 Å². The number of H-pyrrole nitrogens is 1. The standard InChI is InChI=1S/C19H18ClNO3/c1-23-16-6-2-4-13(10-16)19(22)24-9-3-5-14-12-21-18-8-7-15(20)11-17(14)18/h2,4,6-8,10-12,21H,3,5,9H2,1H3. The van der Waals surface area contributed by atoms with Crippen molar-refractivity contribution >= 4 is 28.5 Å². The first-order chi connectivity index (χ1) is 11.7.